The minimum atomic E-state index is 0.0818. The fourth-order valence-electron chi connectivity index (χ4n) is 2.36. The summed E-state index contributed by atoms with van der Waals surface area (Å²) in [6.07, 6.45) is 2.15. The molecule has 2 aliphatic rings. The first kappa shape index (κ1) is 11.8. The van der Waals surface area contributed by atoms with Crippen LogP contribution in [0.15, 0.2) is 47.0 Å². The summed E-state index contributed by atoms with van der Waals surface area (Å²) in [7, 11) is 0. The summed E-state index contributed by atoms with van der Waals surface area (Å²) in [5.74, 6) is 2.41. The first-order valence-corrected chi connectivity index (χ1v) is 8.01. The normalized spacial score (nSPS) is 22.4. The largest absolute Gasteiger partial charge is 0.134 e. The number of rotatable bonds is 1. The van der Waals surface area contributed by atoms with Gasteiger partial charge >= 0.3 is 0 Å². The Morgan fingerprint density at radius 3 is 2.41 bits per heavy atom. The van der Waals surface area contributed by atoms with E-state index in [1.807, 2.05) is 23.5 Å². The lowest BCUT2D eigenvalue weighted by atomic mass is 10.0. The van der Waals surface area contributed by atoms with Gasteiger partial charge in [-0.1, -0.05) is 41.9 Å². The standard InChI is InChI=1S/C14H13ClS2/c1-10-13(15)9-12(11-5-3-2-4-6-11)14(10)16-7-8-17-14/h2-6,9H,7-8H2,1H3. The van der Waals surface area contributed by atoms with Gasteiger partial charge in [-0.05, 0) is 29.7 Å². The molecule has 0 bridgehead atoms. The Balaban J connectivity index is 2.10. The second kappa shape index (κ2) is 4.42. The highest BCUT2D eigenvalue weighted by Gasteiger charge is 2.45. The van der Waals surface area contributed by atoms with Gasteiger partial charge in [0.15, 0.2) is 0 Å². The molecular formula is C14H13ClS2. The number of halogens is 1. The van der Waals surface area contributed by atoms with Crippen molar-refractivity contribution in [2.24, 2.45) is 0 Å². The van der Waals surface area contributed by atoms with Crippen LogP contribution in [0, 0.1) is 0 Å². The zero-order chi connectivity index (χ0) is 11.9. The van der Waals surface area contributed by atoms with E-state index >= 15 is 0 Å². The van der Waals surface area contributed by atoms with Crippen LogP contribution in [0.1, 0.15) is 12.5 Å². The van der Waals surface area contributed by atoms with Gasteiger partial charge in [-0.15, -0.1) is 23.5 Å². The fraction of sp³-hybridized carbons (Fsp3) is 0.286. The zero-order valence-electron chi connectivity index (χ0n) is 9.57. The smallest absolute Gasteiger partial charge is 0.109 e. The molecule has 0 unspecified atom stereocenters. The second-order valence-electron chi connectivity index (χ2n) is 4.21. The lowest BCUT2D eigenvalue weighted by Crippen LogP contribution is -2.18. The van der Waals surface area contributed by atoms with Crippen molar-refractivity contribution in [2.45, 2.75) is 11.0 Å². The lowest BCUT2D eigenvalue weighted by molar-refractivity contribution is 1.21. The molecule has 0 saturated carbocycles. The van der Waals surface area contributed by atoms with Gasteiger partial charge in [0.25, 0.3) is 0 Å². The van der Waals surface area contributed by atoms with E-state index in [-0.39, 0.29) is 4.08 Å². The molecule has 0 atom stereocenters. The Morgan fingerprint density at radius 2 is 1.76 bits per heavy atom. The zero-order valence-corrected chi connectivity index (χ0v) is 12.0. The van der Waals surface area contributed by atoms with Gasteiger partial charge in [-0.2, -0.15) is 0 Å². The summed E-state index contributed by atoms with van der Waals surface area (Å²) in [5.41, 5.74) is 3.98. The van der Waals surface area contributed by atoms with Crippen LogP contribution in [0.2, 0.25) is 0 Å². The molecule has 1 heterocycles. The first-order valence-electron chi connectivity index (χ1n) is 5.66. The number of hydrogen-bond acceptors (Lipinski definition) is 2. The molecule has 1 aromatic carbocycles. The molecule has 1 saturated heterocycles. The number of hydrogen-bond donors (Lipinski definition) is 0. The number of benzene rings is 1. The quantitative estimate of drug-likeness (QED) is 0.727. The summed E-state index contributed by atoms with van der Waals surface area (Å²) in [4.78, 5) is 0. The lowest BCUT2D eigenvalue weighted by Gasteiger charge is -2.28. The molecule has 1 fully saturated rings. The van der Waals surface area contributed by atoms with Crippen molar-refractivity contribution < 1.29 is 0 Å². The van der Waals surface area contributed by atoms with Crippen molar-refractivity contribution in [3.8, 4) is 0 Å². The Labute approximate surface area is 116 Å². The Morgan fingerprint density at radius 1 is 1.12 bits per heavy atom. The molecule has 0 amide bonds. The molecule has 88 valence electrons. The van der Waals surface area contributed by atoms with Crippen molar-refractivity contribution in [2.75, 3.05) is 11.5 Å². The third-order valence-electron chi connectivity index (χ3n) is 3.26. The minimum Gasteiger partial charge on any atom is -0.134 e. The van der Waals surface area contributed by atoms with Crippen LogP contribution < -0.4 is 0 Å². The van der Waals surface area contributed by atoms with Crippen LogP contribution in [0.4, 0.5) is 0 Å². The van der Waals surface area contributed by atoms with Crippen molar-refractivity contribution in [3.63, 3.8) is 0 Å². The van der Waals surface area contributed by atoms with E-state index in [1.54, 1.807) is 0 Å². The van der Waals surface area contributed by atoms with Gasteiger partial charge in [-0.25, -0.2) is 0 Å². The Kier molecular flexibility index (Phi) is 3.06. The van der Waals surface area contributed by atoms with Crippen molar-refractivity contribution >= 4 is 40.7 Å². The molecule has 3 rings (SSSR count). The maximum atomic E-state index is 6.35. The van der Waals surface area contributed by atoms with Gasteiger partial charge in [0, 0.05) is 16.5 Å². The second-order valence-corrected chi connectivity index (χ2v) is 7.49. The van der Waals surface area contributed by atoms with Gasteiger partial charge < -0.3 is 0 Å². The van der Waals surface area contributed by atoms with Crippen molar-refractivity contribution in [3.05, 3.63) is 52.6 Å². The first-order chi connectivity index (χ1) is 8.24. The van der Waals surface area contributed by atoms with Crippen molar-refractivity contribution in [1.82, 2.24) is 0 Å². The van der Waals surface area contributed by atoms with E-state index in [4.69, 9.17) is 11.6 Å². The highest BCUT2D eigenvalue weighted by atomic mass is 35.5. The molecule has 0 aromatic heterocycles. The van der Waals surface area contributed by atoms with E-state index < -0.39 is 0 Å². The predicted octanol–water partition coefficient (Wildman–Crippen LogP) is 4.77. The Hall–Kier alpha value is -0.310. The maximum absolute atomic E-state index is 6.35. The van der Waals surface area contributed by atoms with Gasteiger partial charge in [0.2, 0.25) is 0 Å². The van der Waals surface area contributed by atoms with Crippen LogP contribution in [-0.4, -0.2) is 15.6 Å². The molecule has 1 aliphatic carbocycles. The minimum absolute atomic E-state index is 0.0818. The van der Waals surface area contributed by atoms with Gasteiger partial charge in [0.05, 0.1) is 0 Å². The predicted molar refractivity (Wildman–Crippen MR) is 80.6 cm³/mol. The molecule has 1 aromatic rings. The number of thioether (sulfide) groups is 2. The van der Waals surface area contributed by atoms with Gasteiger partial charge in [-0.3, -0.25) is 0 Å². The van der Waals surface area contributed by atoms with E-state index in [9.17, 15) is 0 Å². The Bertz CT molecular complexity index is 496. The molecule has 0 nitrogen and oxygen atoms in total. The van der Waals surface area contributed by atoms with Gasteiger partial charge in [0.1, 0.15) is 4.08 Å². The molecule has 3 heteroatoms. The highest BCUT2D eigenvalue weighted by molar-refractivity contribution is 8.22. The van der Waals surface area contributed by atoms with Crippen LogP contribution in [-0.2, 0) is 0 Å². The molecule has 0 N–H and O–H groups in total. The summed E-state index contributed by atoms with van der Waals surface area (Å²) in [6.45, 7) is 2.17. The average molecular weight is 281 g/mol. The highest BCUT2D eigenvalue weighted by Crippen LogP contribution is 2.60. The molecule has 17 heavy (non-hydrogen) atoms. The summed E-state index contributed by atoms with van der Waals surface area (Å²) >= 11 is 10.4. The monoisotopic (exact) mass is 280 g/mol. The molecular weight excluding hydrogens is 268 g/mol. The average Bonchev–Trinajstić information content (AvgIpc) is 2.93. The number of allylic oxidation sites excluding steroid dienone is 2. The third kappa shape index (κ3) is 1.78. The van der Waals surface area contributed by atoms with E-state index in [2.05, 4.69) is 43.3 Å². The summed E-state index contributed by atoms with van der Waals surface area (Å²) in [5, 5.41) is 0.922. The molecule has 1 aliphatic heterocycles. The fourth-order valence-corrected chi connectivity index (χ4v) is 6.12. The van der Waals surface area contributed by atoms with Crippen LogP contribution in [0.25, 0.3) is 5.57 Å². The maximum Gasteiger partial charge on any atom is 0.109 e. The van der Waals surface area contributed by atoms with Crippen LogP contribution >= 0.6 is 35.1 Å². The van der Waals surface area contributed by atoms with Crippen molar-refractivity contribution in [1.29, 1.82) is 0 Å². The topological polar surface area (TPSA) is 0 Å². The van der Waals surface area contributed by atoms with Crippen LogP contribution in [0.3, 0.4) is 0 Å². The summed E-state index contributed by atoms with van der Waals surface area (Å²) < 4.78 is 0.0818. The van der Waals surface area contributed by atoms with E-state index in [0.717, 1.165) is 5.03 Å². The summed E-state index contributed by atoms with van der Waals surface area (Å²) in [6, 6.07) is 10.6. The van der Waals surface area contributed by atoms with E-state index in [0.29, 0.717) is 0 Å². The molecule has 0 radical (unpaired) electrons. The SMILES string of the molecule is CC1=C(Cl)C=C(c2ccccc2)C12SCCS2. The van der Waals surface area contributed by atoms with Crippen LogP contribution in [0.5, 0.6) is 0 Å². The van der Waals surface area contributed by atoms with E-state index in [1.165, 1.54) is 28.2 Å². The molecule has 1 spiro atoms. The third-order valence-corrected chi connectivity index (χ3v) is 7.30.